The van der Waals surface area contributed by atoms with E-state index in [1.807, 2.05) is 30.5 Å². The molecule has 3 aromatic rings. The Morgan fingerprint density at radius 1 is 1.10 bits per heavy atom. The van der Waals surface area contributed by atoms with Crippen molar-refractivity contribution >= 4 is 21.8 Å². The second kappa shape index (κ2) is 10.4. The van der Waals surface area contributed by atoms with E-state index in [0.717, 1.165) is 15.7 Å². The molecule has 1 heterocycles. The first-order valence-electron chi connectivity index (χ1n) is 9.49. The molecule has 1 amide bonds. The summed E-state index contributed by atoms with van der Waals surface area (Å²) in [5, 5.41) is 0. The first-order valence-corrected chi connectivity index (χ1v) is 10.3. The minimum absolute atomic E-state index is 0.0935. The molecule has 6 heteroatoms. The van der Waals surface area contributed by atoms with Gasteiger partial charge >= 0.3 is 0 Å². The number of benzene rings is 2. The van der Waals surface area contributed by atoms with Crippen molar-refractivity contribution in [3.63, 3.8) is 0 Å². The number of carbonyl (C=O) groups excluding carboxylic acids is 1. The van der Waals surface area contributed by atoms with Gasteiger partial charge in [0.05, 0.1) is 12.1 Å². The maximum absolute atomic E-state index is 14.2. The maximum Gasteiger partial charge on any atom is 0.257 e. The zero-order chi connectivity index (χ0) is 20.6. The van der Waals surface area contributed by atoms with Crippen molar-refractivity contribution in [2.75, 3.05) is 20.3 Å². The standard InChI is InChI=1S/C23H24BrFN2O2/c1-29-15-5-14-27(23(28)21-7-2-3-8-22(21)25)17-20-6-4-13-26(20)16-18-9-11-19(24)12-10-18/h2-4,6-13H,5,14-17H2,1H3. The monoisotopic (exact) mass is 458 g/mol. The molecule has 0 spiro atoms. The van der Waals surface area contributed by atoms with Crippen molar-refractivity contribution < 1.29 is 13.9 Å². The lowest BCUT2D eigenvalue weighted by atomic mass is 10.1. The number of amides is 1. The van der Waals surface area contributed by atoms with Crippen LogP contribution in [0.5, 0.6) is 0 Å². The summed E-state index contributed by atoms with van der Waals surface area (Å²) >= 11 is 3.45. The first-order chi connectivity index (χ1) is 14.1. The van der Waals surface area contributed by atoms with E-state index in [9.17, 15) is 9.18 Å². The van der Waals surface area contributed by atoms with Gasteiger partial charge in [0, 0.05) is 43.2 Å². The molecule has 0 saturated carbocycles. The average Bonchev–Trinajstić information content (AvgIpc) is 3.15. The Balaban J connectivity index is 1.79. The fourth-order valence-electron chi connectivity index (χ4n) is 3.19. The fraction of sp³-hybridized carbons (Fsp3) is 0.261. The predicted octanol–water partition coefficient (Wildman–Crippen LogP) is 5.12. The van der Waals surface area contributed by atoms with Gasteiger partial charge in [0.25, 0.3) is 5.91 Å². The number of aromatic nitrogens is 1. The van der Waals surface area contributed by atoms with Gasteiger partial charge in [0.15, 0.2) is 0 Å². The number of rotatable bonds is 9. The Bertz CT molecular complexity index is 940. The molecule has 0 atom stereocenters. The predicted molar refractivity (Wildman–Crippen MR) is 115 cm³/mol. The van der Waals surface area contributed by atoms with Gasteiger partial charge in [-0.3, -0.25) is 4.79 Å². The molecule has 0 fully saturated rings. The molecule has 152 valence electrons. The maximum atomic E-state index is 14.2. The van der Waals surface area contributed by atoms with Crippen LogP contribution < -0.4 is 0 Å². The Kier molecular flexibility index (Phi) is 7.61. The lowest BCUT2D eigenvalue weighted by Crippen LogP contribution is -2.33. The highest BCUT2D eigenvalue weighted by atomic mass is 79.9. The Labute approximate surface area is 179 Å². The highest BCUT2D eigenvalue weighted by Gasteiger charge is 2.20. The van der Waals surface area contributed by atoms with Crippen LogP contribution in [0.15, 0.2) is 71.3 Å². The van der Waals surface area contributed by atoms with Crippen LogP contribution in [-0.4, -0.2) is 35.6 Å². The molecule has 0 saturated heterocycles. The van der Waals surface area contributed by atoms with Crippen LogP contribution in [0.3, 0.4) is 0 Å². The molecular weight excluding hydrogens is 435 g/mol. The summed E-state index contributed by atoms with van der Waals surface area (Å²) < 4.78 is 22.5. The molecule has 2 aromatic carbocycles. The van der Waals surface area contributed by atoms with Gasteiger partial charge in [-0.1, -0.05) is 40.2 Å². The Hall–Kier alpha value is -2.44. The quantitative estimate of drug-likeness (QED) is 0.417. The van der Waals surface area contributed by atoms with E-state index in [2.05, 4.69) is 32.6 Å². The van der Waals surface area contributed by atoms with Crippen molar-refractivity contribution in [1.29, 1.82) is 0 Å². The normalized spacial score (nSPS) is 10.9. The molecule has 0 unspecified atom stereocenters. The van der Waals surface area contributed by atoms with E-state index in [1.54, 1.807) is 24.1 Å². The molecule has 0 bridgehead atoms. The topological polar surface area (TPSA) is 34.5 Å². The van der Waals surface area contributed by atoms with Crippen LogP contribution >= 0.6 is 15.9 Å². The summed E-state index contributed by atoms with van der Waals surface area (Å²) in [6, 6.07) is 18.2. The van der Waals surface area contributed by atoms with Crippen molar-refractivity contribution in [3.05, 3.63) is 94.0 Å². The van der Waals surface area contributed by atoms with Gasteiger partial charge in [-0.05, 0) is 48.4 Å². The SMILES string of the molecule is COCCCN(Cc1cccn1Cc1ccc(Br)cc1)C(=O)c1ccccc1F. The minimum Gasteiger partial charge on any atom is -0.385 e. The average molecular weight is 459 g/mol. The zero-order valence-corrected chi connectivity index (χ0v) is 17.9. The number of halogens is 2. The van der Waals surface area contributed by atoms with E-state index in [4.69, 9.17) is 4.74 Å². The van der Waals surface area contributed by atoms with Crippen LogP contribution in [0.1, 0.15) is 28.0 Å². The van der Waals surface area contributed by atoms with E-state index >= 15 is 0 Å². The molecule has 3 rings (SSSR count). The summed E-state index contributed by atoms with van der Waals surface area (Å²) in [5.41, 5.74) is 2.25. The zero-order valence-electron chi connectivity index (χ0n) is 16.4. The summed E-state index contributed by atoms with van der Waals surface area (Å²) in [5.74, 6) is -0.810. The third kappa shape index (κ3) is 5.78. The molecule has 29 heavy (non-hydrogen) atoms. The van der Waals surface area contributed by atoms with Gasteiger partial charge in [-0.25, -0.2) is 4.39 Å². The third-order valence-electron chi connectivity index (χ3n) is 4.71. The van der Waals surface area contributed by atoms with Gasteiger partial charge in [-0.2, -0.15) is 0 Å². The molecule has 0 N–H and O–H groups in total. The van der Waals surface area contributed by atoms with Crippen LogP contribution in [0.25, 0.3) is 0 Å². The van der Waals surface area contributed by atoms with Gasteiger partial charge in [-0.15, -0.1) is 0 Å². The van der Waals surface area contributed by atoms with E-state index in [0.29, 0.717) is 32.7 Å². The molecule has 0 aliphatic heterocycles. The lowest BCUT2D eigenvalue weighted by Gasteiger charge is -2.24. The molecule has 0 radical (unpaired) electrons. The largest absolute Gasteiger partial charge is 0.385 e. The smallest absolute Gasteiger partial charge is 0.257 e. The van der Waals surface area contributed by atoms with Crippen LogP contribution in [0.2, 0.25) is 0 Å². The number of hydrogen-bond donors (Lipinski definition) is 0. The van der Waals surface area contributed by atoms with E-state index < -0.39 is 5.82 Å². The van der Waals surface area contributed by atoms with Crippen molar-refractivity contribution in [2.24, 2.45) is 0 Å². The minimum atomic E-state index is -0.500. The van der Waals surface area contributed by atoms with Gasteiger partial charge in [0.2, 0.25) is 0 Å². The Morgan fingerprint density at radius 3 is 2.59 bits per heavy atom. The number of nitrogens with zero attached hydrogens (tertiary/aromatic N) is 2. The van der Waals surface area contributed by atoms with E-state index in [-0.39, 0.29) is 11.5 Å². The first kappa shape index (κ1) is 21.3. The third-order valence-corrected chi connectivity index (χ3v) is 5.24. The number of hydrogen-bond acceptors (Lipinski definition) is 2. The van der Waals surface area contributed by atoms with E-state index in [1.165, 1.54) is 12.1 Å². The second-order valence-corrected chi connectivity index (χ2v) is 7.72. The summed E-state index contributed by atoms with van der Waals surface area (Å²) in [6.07, 6.45) is 2.68. The van der Waals surface area contributed by atoms with Crippen molar-refractivity contribution in [3.8, 4) is 0 Å². The molecule has 4 nitrogen and oxygen atoms in total. The summed E-state index contributed by atoms with van der Waals surface area (Å²) in [6.45, 7) is 2.14. The van der Waals surface area contributed by atoms with Crippen LogP contribution in [-0.2, 0) is 17.8 Å². The molecular formula is C23H24BrFN2O2. The number of carbonyl (C=O) groups is 1. The van der Waals surface area contributed by atoms with Gasteiger partial charge in [0.1, 0.15) is 5.82 Å². The molecule has 0 aliphatic rings. The fourth-order valence-corrected chi connectivity index (χ4v) is 3.45. The lowest BCUT2D eigenvalue weighted by molar-refractivity contribution is 0.0715. The van der Waals surface area contributed by atoms with Crippen molar-refractivity contribution in [1.82, 2.24) is 9.47 Å². The van der Waals surface area contributed by atoms with Crippen LogP contribution in [0, 0.1) is 5.82 Å². The Morgan fingerprint density at radius 2 is 1.86 bits per heavy atom. The summed E-state index contributed by atoms with van der Waals surface area (Å²) in [4.78, 5) is 14.7. The van der Waals surface area contributed by atoms with Crippen LogP contribution in [0.4, 0.5) is 4.39 Å². The highest BCUT2D eigenvalue weighted by molar-refractivity contribution is 9.10. The molecule has 0 aliphatic carbocycles. The summed E-state index contributed by atoms with van der Waals surface area (Å²) in [7, 11) is 1.63. The number of methoxy groups -OCH3 is 1. The number of ether oxygens (including phenoxy) is 1. The van der Waals surface area contributed by atoms with Crippen molar-refractivity contribution in [2.45, 2.75) is 19.5 Å². The molecule has 1 aromatic heterocycles. The van der Waals surface area contributed by atoms with Gasteiger partial charge < -0.3 is 14.2 Å². The highest BCUT2D eigenvalue weighted by Crippen LogP contribution is 2.17. The second-order valence-electron chi connectivity index (χ2n) is 6.81.